The van der Waals surface area contributed by atoms with E-state index in [4.69, 9.17) is 16.1 Å². The zero-order valence-corrected chi connectivity index (χ0v) is 18.1. The Bertz CT molecular complexity index is 1290. The number of nitrogens with two attached hydrogens (primary N) is 1. The van der Waals surface area contributed by atoms with Crippen LogP contribution in [0.4, 0.5) is 5.69 Å². The van der Waals surface area contributed by atoms with Crippen molar-refractivity contribution < 1.29 is 0 Å². The minimum Gasteiger partial charge on any atom is -0.388 e. The monoisotopic (exact) mass is 422 g/mol. The summed E-state index contributed by atoms with van der Waals surface area (Å²) in [6.07, 6.45) is 7.38. The van der Waals surface area contributed by atoms with Crippen LogP contribution in [0.25, 0.3) is 33.3 Å². The molecule has 0 spiro atoms. The first-order valence-electron chi connectivity index (χ1n) is 10.7. The van der Waals surface area contributed by atoms with Crippen molar-refractivity contribution in [3.8, 4) is 28.5 Å². The number of unbranched alkanes of at least 4 members (excludes halogenated alkanes) is 1. The molecule has 6 nitrogen and oxygen atoms in total. The number of nitrogens with one attached hydrogen (secondary N) is 2. The molecule has 0 fully saturated rings. The molecule has 0 aliphatic rings. The molecule has 0 aliphatic carbocycles. The van der Waals surface area contributed by atoms with Gasteiger partial charge in [-0.3, -0.25) is 4.98 Å². The number of aromatic nitrogens is 2. The molecule has 2 aromatic carbocycles. The number of benzene rings is 2. The third-order valence-corrected chi connectivity index (χ3v) is 5.73. The van der Waals surface area contributed by atoms with E-state index in [-0.39, 0.29) is 0 Å². The molecule has 0 amide bonds. The first kappa shape index (κ1) is 21.3. The third-order valence-electron chi connectivity index (χ3n) is 5.73. The van der Waals surface area contributed by atoms with Crippen LogP contribution in [0.2, 0.25) is 0 Å². The van der Waals surface area contributed by atoms with Crippen LogP contribution in [0, 0.1) is 16.7 Å². The molecule has 4 N–H and O–H groups in total. The third kappa shape index (κ3) is 3.98. The normalized spacial score (nSPS) is 10.8. The van der Waals surface area contributed by atoms with E-state index in [1.807, 2.05) is 55.7 Å². The highest BCUT2D eigenvalue weighted by atomic mass is 15.0. The summed E-state index contributed by atoms with van der Waals surface area (Å²) in [4.78, 5) is 4.88. The highest BCUT2D eigenvalue weighted by molar-refractivity contribution is 6.02. The zero-order valence-electron chi connectivity index (χ0n) is 18.1. The predicted molar refractivity (Wildman–Crippen MR) is 131 cm³/mol. The summed E-state index contributed by atoms with van der Waals surface area (Å²) in [5.74, 6) is 0. The Labute approximate surface area is 187 Å². The van der Waals surface area contributed by atoms with Gasteiger partial charge in [-0.1, -0.05) is 18.2 Å². The standard InChI is InChI=1S/C26H26N6/c1-30-23-9-8-20(14-21(23)16-29)26-25(19-6-4-18(15-28)5-7-19)22-10-13-32(12-3-2-11-27)24(22)17-31-26/h4-10,13-14,16-17,29-30H,2-3,11-12,27H2,1H3. The van der Waals surface area contributed by atoms with Crippen LogP contribution in [0.15, 0.2) is 60.9 Å². The first-order valence-corrected chi connectivity index (χ1v) is 10.7. The number of hydrogen-bond donors (Lipinski definition) is 3. The summed E-state index contributed by atoms with van der Waals surface area (Å²) in [5.41, 5.74) is 12.9. The minimum absolute atomic E-state index is 0.624. The molecular weight excluding hydrogens is 396 g/mol. The second kappa shape index (κ2) is 9.46. The minimum atomic E-state index is 0.624. The molecule has 0 radical (unpaired) electrons. The van der Waals surface area contributed by atoms with Gasteiger partial charge in [-0.25, -0.2) is 0 Å². The SMILES string of the molecule is CNc1ccc(-c2ncc3c(ccn3CCCCN)c2-c2ccc(C#N)cc2)cc1C=N. The van der Waals surface area contributed by atoms with E-state index < -0.39 is 0 Å². The van der Waals surface area contributed by atoms with Crippen molar-refractivity contribution in [3.63, 3.8) is 0 Å². The first-order chi connectivity index (χ1) is 15.7. The van der Waals surface area contributed by atoms with E-state index >= 15 is 0 Å². The molecule has 2 heterocycles. The van der Waals surface area contributed by atoms with Crippen LogP contribution in [0.5, 0.6) is 0 Å². The number of nitriles is 1. The van der Waals surface area contributed by atoms with Crippen LogP contribution in [-0.2, 0) is 6.54 Å². The van der Waals surface area contributed by atoms with Crippen molar-refractivity contribution in [2.75, 3.05) is 18.9 Å². The average molecular weight is 423 g/mol. The number of hydrogen-bond acceptors (Lipinski definition) is 5. The molecule has 0 saturated heterocycles. The number of aryl methyl sites for hydroxylation is 1. The topological polar surface area (TPSA) is 104 Å². The molecule has 2 aromatic heterocycles. The van der Waals surface area contributed by atoms with Crippen LogP contribution >= 0.6 is 0 Å². The summed E-state index contributed by atoms with van der Waals surface area (Å²) in [6, 6.07) is 17.9. The summed E-state index contributed by atoms with van der Waals surface area (Å²) in [6.45, 7) is 1.58. The highest BCUT2D eigenvalue weighted by Crippen LogP contribution is 2.38. The fourth-order valence-electron chi connectivity index (χ4n) is 4.06. The van der Waals surface area contributed by atoms with Crippen LogP contribution in [-0.4, -0.2) is 29.4 Å². The van der Waals surface area contributed by atoms with Crippen molar-refractivity contribution in [2.24, 2.45) is 5.73 Å². The smallest absolute Gasteiger partial charge is 0.0991 e. The van der Waals surface area contributed by atoms with Crippen LogP contribution in [0.3, 0.4) is 0 Å². The van der Waals surface area contributed by atoms with Gasteiger partial charge in [0.2, 0.25) is 0 Å². The van der Waals surface area contributed by atoms with Gasteiger partial charge in [0.25, 0.3) is 0 Å². The molecule has 6 heteroatoms. The van der Waals surface area contributed by atoms with Gasteiger partial charge in [0.1, 0.15) is 0 Å². The van der Waals surface area contributed by atoms with E-state index in [0.29, 0.717) is 12.1 Å². The van der Waals surface area contributed by atoms with Crippen molar-refractivity contribution in [1.82, 2.24) is 9.55 Å². The lowest BCUT2D eigenvalue weighted by Gasteiger charge is -2.14. The average Bonchev–Trinajstić information content (AvgIpc) is 3.26. The van der Waals surface area contributed by atoms with Crippen LogP contribution < -0.4 is 11.1 Å². The molecule has 0 atom stereocenters. The maximum Gasteiger partial charge on any atom is 0.0991 e. The molecule has 0 saturated carbocycles. The number of pyridine rings is 1. The lowest BCUT2D eigenvalue weighted by atomic mass is 9.94. The second-order valence-corrected chi connectivity index (χ2v) is 7.67. The Morgan fingerprint density at radius 1 is 1.12 bits per heavy atom. The fraction of sp³-hybridized carbons (Fsp3) is 0.192. The molecule has 0 bridgehead atoms. The van der Waals surface area contributed by atoms with Crippen LogP contribution in [0.1, 0.15) is 24.0 Å². The molecule has 32 heavy (non-hydrogen) atoms. The van der Waals surface area contributed by atoms with Gasteiger partial charge in [-0.2, -0.15) is 5.26 Å². The Kier molecular flexibility index (Phi) is 6.29. The largest absolute Gasteiger partial charge is 0.388 e. The zero-order chi connectivity index (χ0) is 22.5. The Hall–Kier alpha value is -3.95. The summed E-state index contributed by atoms with van der Waals surface area (Å²) in [5, 5.41) is 21.3. The maximum absolute atomic E-state index is 9.21. The fourth-order valence-corrected chi connectivity index (χ4v) is 4.06. The summed E-state index contributed by atoms with van der Waals surface area (Å²) in [7, 11) is 1.85. The van der Waals surface area contributed by atoms with Gasteiger partial charge in [0.15, 0.2) is 0 Å². The van der Waals surface area contributed by atoms with E-state index in [1.54, 1.807) is 0 Å². The van der Waals surface area contributed by atoms with Crippen molar-refractivity contribution >= 4 is 22.8 Å². The van der Waals surface area contributed by atoms with Crippen molar-refractivity contribution in [3.05, 3.63) is 72.1 Å². The Morgan fingerprint density at radius 2 is 1.91 bits per heavy atom. The van der Waals surface area contributed by atoms with Gasteiger partial charge >= 0.3 is 0 Å². The summed E-state index contributed by atoms with van der Waals surface area (Å²) >= 11 is 0. The van der Waals surface area contributed by atoms with E-state index in [2.05, 4.69) is 28.2 Å². The van der Waals surface area contributed by atoms with E-state index in [0.717, 1.165) is 63.9 Å². The molecule has 4 aromatic rings. The summed E-state index contributed by atoms with van der Waals surface area (Å²) < 4.78 is 2.22. The van der Waals surface area contributed by atoms with E-state index in [9.17, 15) is 5.26 Å². The molecule has 160 valence electrons. The molecule has 0 unspecified atom stereocenters. The second-order valence-electron chi connectivity index (χ2n) is 7.67. The maximum atomic E-state index is 9.21. The quantitative estimate of drug-likeness (QED) is 0.274. The predicted octanol–water partition coefficient (Wildman–Crippen LogP) is 5.02. The molecular formula is C26H26N6. The number of fused-ring (bicyclic) bond motifs is 1. The van der Waals surface area contributed by atoms with Gasteiger partial charge in [0.05, 0.1) is 29.0 Å². The molecule has 4 rings (SSSR count). The van der Waals surface area contributed by atoms with Crippen molar-refractivity contribution in [2.45, 2.75) is 19.4 Å². The molecule has 0 aliphatic heterocycles. The Balaban J connectivity index is 1.92. The number of nitrogens with zero attached hydrogens (tertiary/aromatic N) is 3. The van der Waals surface area contributed by atoms with Gasteiger partial charge < -0.3 is 21.0 Å². The van der Waals surface area contributed by atoms with Gasteiger partial charge in [-0.05, 0) is 55.3 Å². The van der Waals surface area contributed by atoms with Crippen molar-refractivity contribution in [1.29, 1.82) is 10.7 Å². The number of rotatable bonds is 8. The Morgan fingerprint density at radius 3 is 2.59 bits per heavy atom. The van der Waals surface area contributed by atoms with Gasteiger partial charge in [0, 0.05) is 53.8 Å². The van der Waals surface area contributed by atoms with E-state index in [1.165, 1.54) is 6.21 Å². The highest BCUT2D eigenvalue weighted by Gasteiger charge is 2.17. The lowest BCUT2D eigenvalue weighted by Crippen LogP contribution is -2.03. The van der Waals surface area contributed by atoms with Gasteiger partial charge in [-0.15, -0.1) is 0 Å². The number of anilines is 1. The lowest BCUT2D eigenvalue weighted by molar-refractivity contribution is 0.630.